The number of likely N-dealkylation sites (tertiary alicyclic amines) is 1. The Morgan fingerprint density at radius 2 is 1.86 bits per heavy atom. The minimum atomic E-state index is -0.780. The number of ether oxygens (including phenoxy) is 4. The number of methoxy groups -OCH3 is 1. The minimum Gasteiger partial charge on any atom is -0.507 e. The number of rotatable bonds is 10. The Hall–Kier alpha value is -3.52. The van der Waals surface area contributed by atoms with Gasteiger partial charge in [0.15, 0.2) is 11.5 Å². The average Bonchev–Trinajstić information content (AvgIpc) is 3.14. The molecule has 1 amide bonds. The molecule has 1 N–H and O–H groups in total. The first kappa shape index (κ1) is 24.6. The summed E-state index contributed by atoms with van der Waals surface area (Å²) < 4.78 is 22.3. The van der Waals surface area contributed by atoms with Crippen LogP contribution >= 0.6 is 0 Å². The van der Waals surface area contributed by atoms with Crippen molar-refractivity contribution < 1.29 is 33.6 Å². The number of aliphatic hydroxyl groups excluding tert-OH is 1. The van der Waals surface area contributed by atoms with Gasteiger partial charge in [-0.2, -0.15) is 0 Å². The molecule has 186 valence electrons. The van der Waals surface area contributed by atoms with E-state index in [4.69, 9.17) is 18.9 Å². The summed E-state index contributed by atoms with van der Waals surface area (Å²) in [7, 11) is 1.53. The van der Waals surface area contributed by atoms with Crippen molar-refractivity contribution in [2.24, 2.45) is 0 Å². The molecule has 0 aromatic heterocycles. The van der Waals surface area contributed by atoms with E-state index < -0.39 is 17.7 Å². The highest BCUT2D eigenvalue weighted by Crippen LogP contribution is 2.41. The van der Waals surface area contributed by atoms with Gasteiger partial charge >= 0.3 is 0 Å². The zero-order chi connectivity index (χ0) is 24.8. The molecule has 2 aliphatic rings. The third kappa shape index (κ3) is 5.27. The van der Waals surface area contributed by atoms with Crippen LogP contribution in [0.4, 0.5) is 0 Å². The van der Waals surface area contributed by atoms with Crippen LogP contribution in [0.5, 0.6) is 17.2 Å². The number of hydrogen-bond donors (Lipinski definition) is 1. The number of nitrogens with zero attached hydrogens (tertiary/aromatic N) is 1. The lowest BCUT2D eigenvalue weighted by Gasteiger charge is -2.25. The summed E-state index contributed by atoms with van der Waals surface area (Å²) in [4.78, 5) is 27.6. The molecule has 8 nitrogen and oxygen atoms in total. The van der Waals surface area contributed by atoms with Gasteiger partial charge < -0.3 is 29.0 Å². The number of aliphatic hydroxyl groups is 1. The van der Waals surface area contributed by atoms with Crippen LogP contribution < -0.4 is 14.2 Å². The summed E-state index contributed by atoms with van der Waals surface area (Å²) in [6, 6.07) is 11.5. The molecule has 2 aliphatic heterocycles. The van der Waals surface area contributed by atoms with E-state index >= 15 is 0 Å². The van der Waals surface area contributed by atoms with Crippen molar-refractivity contribution in [1.29, 1.82) is 0 Å². The van der Waals surface area contributed by atoms with Crippen LogP contribution in [-0.2, 0) is 14.3 Å². The number of carbonyl (C=O) groups excluding carboxylic acids is 2. The quantitative estimate of drug-likeness (QED) is 0.236. The fourth-order valence-corrected chi connectivity index (χ4v) is 4.31. The first-order valence-electron chi connectivity index (χ1n) is 11.9. The Morgan fingerprint density at radius 1 is 1.06 bits per heavy atom. The first-order chi connectivity index (χ1) is 17.0. The lowest BCUT2D eigenvalue weighted by molar-refractivity contribution is -0.140. The lowest BCUT2D eigenvalue weighted by Crippen LogP contribution is -2.32. The van der Waals surface area contributed by atoms with Gasteiger partial charge in [-0.25, -0.2) is 0 Å². The van der Waals surface area contributed by atoms with Crippen LogP contribution in [0.15, 0.2) is 48.0 Å². The van der Waals surface area contributed by atoms with Crippen molar-refractivity contribution in [3.05, 3.63) is 59.2 Å². The van der Waals surface area contributed by atoms with Crippen LogP contribution in [0.1, 0.15) is 43.4 Å². The molecule has 2 aromatic carbocycles. The zero-order valence-electron chi connectivity index (χ0n) is 20.1. The Balaban J connectivity index is 1.73. The lowest BCUT2D eigenvalue weighted by atomic mass is 9.95. The predicted molar refractivity (Wildman–Crippen MR) is 130 cm³/mol. The second kappa shape index (κ2) is 11.3. The third-order valence-corrected chi connectivity index (χ3v) is 6.08. The highest BCUT2D eigenvalue weighted by atomic mass is 16.6. The van der Waals surface area contributed by atoms with E-state index in [1.165, 1.54) is 12.0 Å². The SMILES string of the molecule is CCCCCOc1cccc(C2/C(=C(/O)c3ccc4c(c3)OCCO4)C(=O)C(=O)N2CCOC)c1. The van der Waals surface area contributed by atoms with E-state index in [1.54, 1.807) is 18.2 Å². The molecule has 2 heterocycles. The van der Waals surface area contributed by atoms with Crippen molar-refractivity contribution in [1.82, 2.24) is 4.90 Å². The summed E-state index contributed by atoms with van der Waals surface area (Å²) in [6.45, 7) is 4.00. The van der Waals surface area contributed by atoms with Gasteiger partial charge in [0.2, 0.25) is 0 Å². The van der Waals surface area contributed by atoms with Crippen molar-refractivity contribution in [3.63, 3.8) is 0 Å². The Labute approximate surface area is 205 Å². The van der Waals surface area contributed by atoms with Crippen LogP contribution in [0.25, 0.3) is 5.76 Å². The highest BCUT2D eigenvalue weighted by Gasteiger charge is 2.46. The number of benzene rings is 2. The smallest absolute Gasteiger partial charge is 0.295 e. The molecule has 4 rings (SSSR count). The van der Waals surface area contributed by atoms with E-state index in [0.29, 0.717) is 48.2 Å². The fraction of sp³-hybridized carbons (Fsp3) is 0.407. The summed E-state index contributed by atoms with van der Waals surface area (Å²) in [6.07, 6.45) is 3.11. The molecule has 0 radical (unpaired) electrons. The van der Waals surface area contributed by atoms with Gasteiger partial charge in [0.05, 0.1) is 24.8 Å². The van der Waals surface area contributed by atoms with Gasteiger partial charge in [-0.15, -0.1) is 0 Å². The molecule has 2 aromatic rings. The third-order valence-electron chi connectivity index (χ3n) is 6.08. The van der Waals surface area contributed by atoms with Gasteiger partial charge in [0.1, 0.15) is 24.7 Å². The van der Waals surface area contributed by atoms with Crippen molar-refractivity contribution in [3.8, 4) is 17.2 Å². The van der Waals surface area contributed by atoms with E-state index in [0.717, 1.165) is 19.3 Å². The largest absolute Gasteiger partial charge is 0.507 e. The van der Waals surface area contributed by atoms with E-state index in [2.05, 4.69) is 6.92 Å². The molecule has 0 spiro atoms. The molecule has 1 atom stereocenters. The average molecular weight is 482 g/mol. The summed E-state index contributed by atoms with van der Waals surface area (Å²) in [5.74, 6) is 0.00805. The maximum atomic E-state index is 13.2. The van der Waals surface area contributed by atoms with Gasteiger partial charge in [0, 0.05) is 19.2 Å². The number of ketones is 1. The molecule has 35 heavy (non-hydrogen) atoms. The summed E-state index contributed by atoms with van der Waals surface area (Å²) >= 11 is 0. The van der Waals surface area contributed by atoms with Gasteiger partial charge in [-0.3, -0.25) is 9.59 Å². The summed E-state index contributed by atoms with van der Waals surface area (Å²) in [5.41, 5.74) is 1.06. The Bertz CT molecular complexity index is 1110. The van der Waals surface area contributed by atoms with Crippen molar-refractivity contribution in [2.75, 3.05) is 40.1 Å². The molecule has 0 saturated carbocycles. The monoisotopic (exact) mass is 481 g/mol. The molecule has 0 bridgehead atoms. The second-order valence-corrected chi connectivity index (χ2v) is 8.47. The summed E-state index contributed by atoms with van der Waals surface area (Å²) in [5, 5.41) is 11.3. The number of hydrogen-bond acceptors (Lipinski definition) is 7. The number of unbranched alkanes of at least 4 members (excludes halogenated alkanes) is 2. The number of fused-ring (bicyclic) bond motifs is 1. The molecule has 1 saturated heterocycles. The Morgan fingerprint density at radius 3 is 2.63 bits per heavy atom. The fourth-order valence-electron chi connectivity index (χ4n) is 4.31. The van der Waals surface area contributed by atoms with Crippen LogP contribution in [0.2, 0.25) is 0 Å². The number of amides is 1. The number of Topliss-reactive ketones (excluding diaryl/α,β-unsaturated/α-hetero) is 1. The Kier molecular flexibility index (Phi) is 7.92. The van der Waals surface area contributed by atoms with E-state index in [9.17, 15) is 14.7 Å². The molecular formula is C27H31NO7. The standard InChI is InChI=1S/C27H31NO7/c1-3-4-5-12-33-20-8-6-7-18(16-20)24-23(26(30)27(31)28(24)11-13-32-2)25(29)19-9-10-21-22(17-19)35-15-14-34-21/h6-10,16-17,24,29H,3-5,11-15H2,1-2H3/b25-23-. The minimum absolute atomic E-state index is 0.0194. The molecule has 1 unspecified atom stereocenters. The molecular weight excluding hydrogens is 450 g/mol. The number of carbonyl (C=O) groups is 2. The second-order valence-electron chi connectivity index (χ2n) is 8.47. The van der Waals surface area contributed by atoms with E-state index in [-0.39, 0.29) is 24.5 Å². The molecule has 1 fully saturated rings. The first-order valence-corrected chi connectivity index (χ1v) is 11.9. The molecule has 0 aliphatic carbocycles. The predicted octanol–water partition coefficient (Wildman–Crippen LogP) is 4.09. The van der Waals surface area contributed by atoms with Gasteiger partial charge in [-0.05, 0) is 42.3 Å². The van der Waals surface area contributed by atoms with Crippen LogP contribution in [-0.4, -0.2) is 61.8 Å². The zero-order valence-corrected chi connectivity index (χ0v) is 20.1. The maximum absolute atomic E-state index is 13.2. The van der Waals surface area contributed by atoms with Gasteiger partial charge in [0.25, 0.3) is 11.7 Å². The highest BCUT2D eigenvalue weighted by molar-refractivity contribution is 6.46. The van der Waals surface area contributed by atoms with E-state index in [1.807, 2.05) is 24.3 Å². The van der Waals surface area contributed by atoms with Crippen molar-refractivity contribution in [2.45, 2.75) is 32.2 Å². The maximum Gasteiger partial charge on any atom is 0.295 e. The normalized spacial score (nSPS) is 18.7. The van der Waals surface area contributed by atoms with Crippen LogP contribution in [0.3, 0.4) is 0 Å². The molecule has 8 heteroatoms. The van der Waals surface area contributed by atoms with Crippen molar-refractivity contribution >= 4 is 17.4 Å². The van der Waals surface area contributed by atoms with Crippen LogP contribution in [0, 0.1) is 0 Å². The van der Waals surface area contributed by atoms with Gasteiger partial charge in [-0.1, -0.05) is 31.9 Å². The topological polar surface area (TPSA) is 94.5 Å².